The van der Waals surface area contributed by atoms with Crippen LogP contribution in [-0.2, 0) is 23.8 Å². The van der Waals surface area contributed by atoms with Gasteiger partial charge < -0.3 is 19.3 Å². The third-order valence-corrected chi connectivity index (χ3v) is 5.53. The molecule has 0 aromatic heterocycles. The van der Waals surface area contributed by atoms with E-state index in [-0.39, 0.29) is 25.4 Å². The summed E-state index contributed by atoms with van der Waals surface area (Å²) >= 11 is 0. The van der Waals surface area contributed by atoms with Gasteiger partial charge in [-0.3, -0.25) is 9.59 Å². The lowest BCUT2D eigenvalue weighted by Gasteiger charge is -2.07. The zero-order valence-electron chi connectivity index (χ0n) is 20.8. The summed E-state index contributed by atoms with van der Waals surface area (Å²) in [6.07, 6.45) is 20.4. The number of hydrogen-bond acceptors (Lipinski definition) is 5. The standard InChI is InChI=1S/C26H50O6/c1-2-3-4-5-6-7-8-9-10-11-12-13-14-17-20-30-21-22-31-23-24-32-26(29)19-16-15-18-25(27)28/h2-24H2,1H3,(H,27,28). The maximum Gasteiger partial charge on any atom is 0.305 e. The molecule has 0 unspecified atom stereocenters. The fraction of sp³-hybridized carbons (Fsp3) is 0.923. The number of carboxylic acids is 1. The Balaban J connectivity index is 3.10. The van der Waals surface area contributed by atoms with E-state index in [4.69, 9.17) is 19.3 Å². The number of carbonyl (C=O) groups is 2. The predicted octanol–water partition coefficient (Wildman–Crippen LogP) is 6.69. The first-order valence-corrected chi connectivity index (χ1v) is 13.2. The molecule has 0 saturated carbocycles. The van der Waals surface area contributed by atoms with Gasteiger partial charge in [0.25, 0.3) is 0 Å². The Labute approximate surface area is 196 Å². The number of carboxylic acid groups (broad SMARTS) is 1. The van der Waals surface area contributed by atoms with Crippen LogP contribution in [0.1, 0.15) is 122 Å². The Hall–Kier alpha value is -1.14. The van der Waals surface area contributed by atoms with Gasteiger partial charge in [0.1, 0.15) is 6.61 Å². The first-order valence-electron chi connectivity index (χ1n) is 13.2. The molecule has 0 saturated heterocycles. The van der Waals surface area contributed by atoms with Gasteiger partial charge in [0.15, 0.2) is 0 Å². The van der Waals surface area contributed by atoms with Crippen LogP contribution in [0, 0.1) is 0 Å². The van der Waals surface area contributed by atoms with Crippen LogP contribution >= 0.6 is 0 Å². The van der Waals surface area contributed by atoms with Gasteiger partial charge in [0, 0.05) is 19.4 Å². The van der Waals surface area contributed by atoms with Gasteiger partial charge in [-0.15, -0.1) is 0 Å². The highest BCUT2D eigenvalue weighted by Gasteiger charge is 2.04. The van der Waals surface area contributed by atoms with Gasteiger partial charge >= 0.3 is 11.9 Å². The smallest absolute Gasteiger partial charge is 0.305 e. The molecule has 0 radical (unpaired) electrons. The zero-order valence-corrected chi connectivity index (χ0v) is 20.8. The molecule has 0 atom stereocenters. The summed E-state index contributed by atoms with van der Waals surface area (Å²) < 4.78 is 16.0. The van der Waals surface area contributed by atoms with E-state index in [0.29, 0.717) is 32.7 Å². The molecule has 6 nitrogen and oxygen atoms in total. The molecule has 0 heterocycles. The highest BCUT2D eigenvalue weighted by Crippen LogP contribution is 2.12. The number of esters is 1. The number of unbranched alkanes of at least 4 members (excludes halogenated alkanes) is 14. The number of carbonyl (C=O) groups excluding carboxylic acids is 1. The molecule has 0 aromatic rings. The third kappa shape index (κ3) is 26.9. The molecule has 0 amide bonds. The molecule has 0 aliphatic carbocycles. The van der Waals surface area contributed by atoms with Crippen LogP contribution in [0.15, 0.2) is 0 Å². The second-order valence-corrected chi connectivity index (χ2v) is 8.64. The van der Waals surface area contributed by atoms with E-state index in [1.54, 1.807) is 0 Å². The Bertz CT molecular complexity index is 413. The SMILES string of the molecule is CCCCCCCCCCCCCCCCOCCOCCOC(=O)CCCCC(=O)O. The monoisotopic (exact) mass is 458 g/mol. The third-order valence-electron chi connectivity index (χ3n) is 5.53. The summed E-state index contributed by atoms with van der Waals surface area (Å²) in [5.41, 5.74) is 0. The van der Waals surface area contributed by atoms with Crippen molar-refractivity contribution < 1.29 is 28.9 Å². The summed E-state index contributed by atoms with van der Waals surface area (Å²) in [4.78, 5) is 21.8. The van der Waals surface area contributed by atoms with Crippen LogP contribution < -0.4 is 0 Å². The van der Waals surface area contributed by atoms with Gasteiger partial charge in [0.05, 0.1) is 19.8 Å². The van der Waals surface area contributed by atoms with Crippen LogP contribution in [0.4, 0.5) is 0 Å². The maximum atomic E-state index is 11.4. The second-order valence-electron chi connectivity index (χ2n) is 8.64. The molecular formula is C26H50O6. The van der Waals surface area contributed by atoms with Crippen molar-refractivity contribution >= 4 is 11.9 Å². The first-order chi connectivity index (χ1) is 15.7. The molecule has 0 spiro atoms. The van der Waals surface area contributed by atoms with Crippen molar-refractivity contribution in [1.82, 2.24) is 0 Å². The molecule has 0 aromatic carbocycles. The maximum absolute atomic E-state index is 11.4. The van der Waals surface area contributed by atoms with Crippen LogP contribution in [-0.4, -0.2) is 50.1 Å². The van der Waals surface area contributed by atoms with E-state index in [2.05, 4.69) is 6.92 Å². The summed E-state index contributed by atoms with van der Waals surface area (Å²) in [6.45, 7) is 4.73. The second kappa shape index (κ2) is 26.1. The van der Waals surface area contributed by atoms with Crippen molar-refractivity contribution in [2.75, 3.05) is 33.0 Å². The summed E-state index contributed by atoms with van der Waals surface area (Å²) in [5, 5.41) is 8.52. The number of hydrogen-bond donors (Lipinski definition) is 1. The highest BCUT2D eigenvalue weighted by atomic mass is 16.6. The van der Waals surface area contributed by atoms with E-state index in [1.807, 2.05) is 0 Å². The molecule has 32 heavy (non-hydrogen) atoms. The van der Waals surface area contributed by atoms with Crippen molar-refractivity contribution in [2.24, 2.45) is 0 Å². The van der Waals surface area contributed by atoms with Crippen molar-refractivity contribution in [1.29, 1.82) is 0 Å². The lowest BCUT2D eigenvalue weighted by Crippen LogP contribution is -2.13. The largest absolute Gasteiger partial charge is 0.481 e. The lowest BCUT2D eigenvalue weighted by atomic mass is 10.0. The summed E-state index contributed by atoms with van der Waals surface area (Å²) in [5.74, 6) is -1.13. The van der Waals surface area contributed by atoms with Crippen LogP contribution in [0.5, 0.6) is 0 Å². The van der Waals surface area contributed by atoms with Gasteiger partial charge in [0.2, 0.25) is 0 Å². The zero-order chi connectivity index (χ0) is 23.5. The fourth-order valence-corrected chi connectivity index (χ4v) is 3.55. The highest BCUT2D eigenvalue weighted by molar-refractivity contribution is 5.69. The quantitative estimate of drug-likeness (QED) is 0.115. The topological polar surface area (TPSA) is 82.1 Å². The minimum Gasteiger partial charge on any atom is -0.481 e. The molecule has 0 fully saturated rings. The molecule has 0 aliphatic rings. The average Bonchev–Trinajstić information content (AvgIpc) is 2.77. The van der Waals surface area contributed by atoms with Gasteiger partial charge in [-0.05, 0) is 19.3 Å². The normalized spacial score (nSPS) is 11.0. The van der Waals surface area contributed by atoms with Crippen LogP contribution in [0.25, 0.3) is 0 Å². The molecule has 0 aliphatic heterocycles. The first kappa shape index (κ1) is 30.9. The number of aliphatic carboxylic acids is 1. The van der Waals surface area contributed by atoms with Crippen LogP contribution in [0.2, 0.25) is 0 Å². The minimum atomic E-state index is -0.835. The van der Waals surface area contributed by atoms with Crippen molar-refractivity contribution in [3.8, 4) is 0 Å². The molecule has 0 rings (SSSR count). The Morgan fingerprint density at radius 2 is 0.969 bits per heavy atom. The molecular weight excluding hydrogens is 408 g/mol. The molecule has 1 N–H and O–H groups in total. The number of rotatable bonds is 26. The van der Waals surface area contributed by atoms with E-state index < -0.39 is 5.97 Å². The van der Waals surface area contributed by atoms with Crippen LogP contribution in [0.3, 0.4) is 0 Å². The van der Waals surface area contributed by atoms with Gasteiger partial charge in [-0.2, -0.15) is 0 Å². The Morgan fingerprint density at radius 1 is 0.531 bits per heavy atom. The predicted molar refractivity (Wildman–Crippen MR) is 129 cm³/mol. The Kier molecular flexibility index (Phi) is 25.2. The van der Waals surface area contributed by atoms with E-state index in [0.717, 1.165) is 13.0 Å². The van der Waals surface area contributed by atoms with E-state index >= 15 is 0 Å². The van der Waals surface area contributed by atoms with Gasteiger partial charge in [-0.25, -0.2) is 0 Å². The van der Waals surface area contributed by atoms with Gasteiger partial charge in [-0.1, -0.05) is 90.4 Å². The van der Waals surface area contributed by atoms with E-state index in [1.165, 1.54) is 83.5 Å². The van der Waals surface area contributed by atoms with E-state index in [9.17, 15) is 9.59 Å². The fourth-order valence-electron chi connectivity index (χ4n) is 3.55. The average molecular weight is 459 g/mol. The van der Waals surface area contributed by atoms with Crippen molar-refractivity contribution in [2.45, 2.75) is 122 Å². The summed E-state index contributed by atoms with van der Waals surface area (Å²) in [6, 6.07) is 0. The molecule has 190 valence electrons. The molecule has 0 bridgehead atoms. The molecule has 6 heteroatoms. The van der Waals surface area contributed by atoms with Crippen molar-refractivity contribution in [3.63, 3.8) is 0 Å². The minimum absolute atomic E-state index is 0.0930. The lowest BCUT2D eigenvalue weighted by molar-refractivity contribution is -0.146. The Morgan fingerprint density at radius 3 is 1.50 bits per heavy atom. The van der Waals surface area contributed by atoms with Crippen molar-refractivity contribution in [3.05, 3.63) is 0 Å². The number of ether oxygens (including phenoxy) is 3. The summed E-state index contributed by atoms with van der Waals surface area (Å²) in [7, 11) is 0.